The molecule has 26 heavy (non-hydrogen) atoms. The maximum absolute atomic E-state index is 14.3. The van der Waals surface area contributed by atoms with Crippen molar-refractivity contribution in [3.8, 4) is 11.3 Å². The van der Waals surface area contributed by atoms with Crippen LogP contribution >= 0.6 is 0 Å². The Morgan fingerprint density at radius 1 is 1.38 bits per heavy atom. The first-order valence-electron chi connectivity index (χ1n) is 8.27. The van der Waals surface area contributed by atoms with Gasteiger partial charge < -0.3 is 9.47 Å². The van der Waals surface area contributed by atoms with Gasteiger partial charge >= 0.3 is 5.97 Å². The summed E-state index contributed by atoms with van der Waals surface area (Å²) in [7, 11) is 0.0513. The molecule has 2 aromatic rings. The molecule has 0 fully saturated rings. The molecule has 0 unspecified atom stereocenters. The minimum Gasteiger partial charge on any atom is -0.464 e. The minimum absolute atomic E-state index is 0.0904. The first-order chi connectivity index (χ1) is 12.2. The predicted molar refractivity (Wildman–Crippen MR) is 101 cm³/mol. The molecule has 0 amide bonds. The van der Waals surface area contributed by atoms with E-state index < -0.39 is 19.9 Å². The second kappa shape index (κ2) is 8.37. The Labute approximate surface area is 153 Å². The average molecular weight is 377 g/mol. The summed E-state index contributed by atoms with van der Waals surface area (Å²) in [4.78, 5) is 15.8. The van der Waals surface area contributed by atoms with Crippen LogP contribution in [-0.4, -0.2) is 42.5 Å². The second-order valence-electron chi connectivity index (χ2n) is 7.05. The molecular formula is C18H24FN3O3Si. The number of hydrogen-bond acceptors (Lipinski definition) is 5. The van der Waals surface area contributed by atoms with E-state index >= 15 is 0 Å². The third kappa shape index (κ3) is 5.09. The fourth-order valence-electron chi connectivity index (χ4n) is 2.23. The molecular weight excluding hydrogens is 353 g/mol. The highest BCUT2D eigenvalue weighted by Gasteiger charge is 2.19. The Balaban J connectivity index is 2.33. The van der Waals surface area contributed by atoms with Gasteiger partial charge in [0.2, 0.25) is 0 Å². The normalized spacial score (nSPS) is 11.4. The van der Waals surface area contributed by atoms with Gasteiger partial charge in [-0.1, -0.05) is 26.2 Å². The summed E-state index contributed by atoms with van der Waals surface area (Å²) in [6.45, 7) is 11.1. The highest BCUT2D eigenvalue weighted by Crippen LogP contribution is 2.25. The fraction of sp³-hybridized carbons (Fsp3) is 0.389. The van der Waals surface area contributed by atoms with Crippen molar-refractivity contribution in [1.29, 1.82) is 0 Å². The first-order valence-corrected chi connectivity index (χ1v) is 12.0. The number of rotatable bonds is 8. The predicted octanol–water partition coefficient (Wildman–Crippen LogP) is 3.83. The van der Waals surface area contributed by atoms with Crippen LogP contribution < -0.4 is 0 Å². The topological polar surface area (TPSA) is 66.2 Å². The van der Waals surface area contributed by atoms with E-state index in [0.29, 0.717) is 18.0 Å². The fourth-order valence-corrected chi connectivity index (χ4v) is 2.99. The van der Waals surface area contributed by atoms with Gasteiger partial charge in [-0.2, -0.15) is 5.10 Å². The van der Waals surface area contributed by atoms with Gasteiger partial charge in [0.25, 0.3) is 0 Å². The lowest BCUT2D eigenvalue weighted by Gasteiger charge is -2.16. The molecule has 0 bridgehead atoms. The molecule has 140 valence electrons. The lowest BCUT2D eigenvalue weighted by atomic mass is 10.1. The Morgan fingerprint density at radius 3 is 2.73 bits per heavy atom. The molecule has 0 aliphatic carbocycles. The molecule has 0 aliphatic heterocycles. The van der Waals surface area contributed by atoms with Gasteiger partial charge in [0.15, 0.2) is 11.5 Å². The van der Waals surface area contributed by atoms with Crippen molar-refractivity contribution in [2.75, 3.05) is 13.7 Å². The number of carbonyl (C=O) groups excluding carboxylic acids is 1. The largest absolute Gasteiger partial charge is 0.464 e. The molecule has 0 spiro atoms. The Morgan fingerprint density at radius 2 is 2.12 bits per heavy atom. The van der Waals surface area contributed by atoms with Crippen LogP contribution in [-0.2, 0) is 16.2 Å². The maximum atomic E-state index is 14.3. The molecule has 8 heteroatoms. The summed E-state index contributed by atoms with van der Waals surface area (Å²) in [6, 6.07) is 4.04. The minimum atomic E-state index is -1.22. The molecule has 0 N–H and O–H groups in total. The number of hydrogen-bond donors (Lipinski definition) is 0. The lowest BCUT2D eigenvalue weighted by Crippen LogP contribution is -2.22. The van der Waals surface area contributed by atoms with Crippen LogP contribution in [0.15, 0.2) is 24.9 Å². The van der Waals surface area contributed by atoms with E-state index in [1.807, 2.05) is 0 Å². The van der Waals surface area contributed by atoms with Gasteiger partial charge in [0, 0.05) is 20.2 Å². The highest BCUT2D eigenvalue weighted by molar-refractivity contribution is 6.76. The first kappa shape index (κ1) is 20.0. The van der Waals surface area contributed by atoms with Gasteiger partial charge in [0.1, 0.15) is 6.73 Å². The van der Waals surface area contributed by atoms with E-state index in [0.717, 1.165) is 12.2 Å². The number of methoxy groups -OCH3 is 1. The third-order valence-electron chi connectivity index (χ3n) is 3.75. The van der Waals surface area contributed by atoms with Crippen molar-refractivity contribution >= 4 is 20.1 Å². The van der Waals surface area contributed by atoms with Crippen molar-refractivity contribution in [3.63, 3.8) is 0 Å². The molecule has 6 nitrogen and oxygen atoms in total. The van der Waals surface area contributed by atoms with E-state index in [-0.39, 0.29) is 18.0 Å². The van der Waals surface area contributed by atoms with E-state index in [9.17, 15) is 9.18 Å². The van der Waals surface area contributed by atoms with Crippen LogP contribution in [0.5, 0.6) is 0 Å². The van der Waals surface area contributed by atoms with Crippen molar-refractivity contribution in [1.82, 2.24) is 14.8 Å². The van der Waals surface area contributed by atoms with Gasteiger partial charge in [-0.3, -0.25) is 4.98 Å². The maximum Gasteiger partial charge on any atom is 0.358 e. The number of nitrogens with zero attached hydrogens (tertiary/aromatic N) is 3. The number of ether oxygens (including phenoxy) is 2. The van der Waals surface area contributed by atoms with Gasteiger partial charge in [-0.05, 0) is 24.3 Å². The monoisotopic (exact) mass is 377 g/mol. The standard InChI is InChI=1S/C18H24FN3O3Si/c1-6-13-9-14(15(19)11-20-13)17-10-16(18(23)24-2)21-22(17)12-25-7-8-26(3,4)5/h6,9-11H,1,7-8,12H2,2-5H3. The summed E-state index contributed by atoms with van der Waals surface area (Å²) >= 11 is 0. The number of esters is 1. The summed E-state index contributed by atoms with van der Waals surface area (Å²) in [5.41, 5.74) is 1.30. The summed E-state index contributed by atoms with van der Waals surface area (Å²) in [5, 5.41) is 4.20. The van der Waals surface area contributed by atoms with Crippen molar-refractivity contribution in [2.24, 2.45) is 0 Å². The van der Waals surface area contributed by atoms with E-state index in [1.54, 1.807) is 6.07 Å². The molecule has 0 radical (unpaired) electrons. The molecule has 2 heterocycles. The molecule has 0 saturated carbocycles. The van der Waals surface area contributed by atoms with Crippen LogP contribution in [0.25, 0.3) is 17.3 Å². The number of carbonyl (C=O) groups is 1. The van der Waals surface area contributed by atoms with Crippen molar-refractivity contribution in [2.45, 2.75) is 32.4 Å². The third-order valence-corrected chi connectivity index (χ3v) is 5.45. The Hall–Kier alpha value is -2.32. The van der Waals surface area contributed by atoms with E-state index in [4.69, 9.17) is 9.47 Å². The second-order valence-corrected chi connectivity index (χ2v) is 12.7. The van der Waals surface area contributed by atoms with Gasteiger partial charge in [-0.15, -0.1) is 0 Å². The zero-order valence-corrected chi connectivity index (χ0v) is 16.6. The summed E-state index contributed by atoms with van der Waals surface area (Å²) in [5.74, 6) is -1.11. The SMILES string of the molecule is C=Cc1cc(-c2cc(C(=O)OC)nn2COCC[Si](C)(C)C)c(F)cn1. The summed E-state index contributed by atoms with van der Waals surface area (Å²) < 4.78 is 26.2. The zero-order valence-electron chi connectivity index (χ0n) is 15.6. The van der Waals surface area contributed by atoms with Crippen LogP contribution in [0.3, 0.4) is 0 Å². The van der Waals surface area contributed by atoms with Crippen molar-refractivity contribution in [3.05, 3.63) is 42.1 Å². The lowest BCUT2D eigenvalue weighted by molar-refractivity contribution is 0.0583. The number of aromatic nitrogens is 3. The molecule has 2 rings (SSSR count). The quantitative estimate of drug-likeness (QED) is 0.397. The van der Waals surface area contributed by atoms with Crippen LogP contribution in [0, 0.1) is 5.82 Å². The molecule has 0 atom stereocenters. The summed E-state index contributed by atoms with van der Waals surface area (Å²) in [6.07, 6.45) is 2.64. The Bertz CT molecular complexity index is 799. The van der Waals surface area contributed by atoms with E-state index in [1.165, 1.54) is 23.9 Å². The van der Waals surface area contributed by atoms with Gasteiger partial charge in [-0.25, -0.2) is 13.9 Å². The number of pyridine rings is 1. The van der Waals surface area contributed by atoms with Crippen LogP contribution in [0.1, 0.15) is 16.2 Å². The molecule has 2 aromatic heterocycles. The smallest absolute Gasteiger partial charge is 0.358 e. The Kier molecular flexibility index (Phi) is 6.44. The molecule has 0 saturated heterocycles. The number of halogens is 1. The molecule has 0 aromatic carbocycles. The van der Waals surface area contributed by atoms with Gasteiger partial charge in [0.05, 0.1) is 24.7 Å². The van der Waals surface area contributed by atoms with Crippen LogP contribution in [0.2, 0.25) is 25.7 Å². The highest BCUT2D eigenvalue weighted by atomic mass is 28.3. The van der Waals surface area contributed by atoms with E-state index in [2.05, 4.69) is 36.3 Å². The van der Waals surface area contributed by atoms with Crippen LogP contribution in [0.4, 0.5) is 4.39 Å². The zero-order chi connectivity index (χ0) is 19.3. The average Bonchev–Trinajstić information content (AvgIpc) is 3.01. The molecule has 0 aliphatic rings. The van der Waals surface area contributed by atoms with Crippen molar-refractivity contribution < 1.29 is 18.7 Å².